The molecule has 1 heterocycles. The van der Waals surface area contributed by atoms with Crippen LogP contribution < -0.4 is 10.1 Å². The summed E-state index contributed by atoms with van der Waals surface area (Å²) in [7, 11) is 0. The second-order valence-corrected chi connectivity index (χ2v) is 6.17. The Morgan fingerprint density at radius 3 is 2.74 bits per heavy atom. The number of nitrogens with one attached hydrogen (secondary N) is 1. The number of aryl methyl sites for hydroxylation is 1. The van der Waals surface area contributed by atoms with E-state index in [1.807, 2.05) is 19.1 Å². The van der Waals surface area contributed by atoms with E-state index in [4.69, 9.17) is 16.3 Å². The van der Waals surface area contributed by atoms with E-state index < -0.39 is 0 Å². The topological polar surface area (TPSA) is 47.0 Å². The standard InChI is InChI=1S/C18H24ClN3O/c1-13(2)15-8-4-5-9-16(15)23-11-7-6-10-20-18-17(19)14(3)21-12-22-18/h4-5,8-9,12-13H,6-7,10-11H2,1-3H3,(H,20,21,22). The summed E-state index contributed by atoms with van der Waals surface area (Å²) in [4.78, 5) is 8.20. The van der Waals surface area contributed by atoms with Crippen LogP contribution in [0.5, 0.6) is 5.75 Å². The molecule has 0 amide bonds. The van der Waals surface area contributed by atoms with Crippen LogP contribution in [-0.2, 0) is 0 Å². The van der Waals surface area contributed by atoms with Crippen LogP contribution in [0.25, 0.3) is 0 Å². The molecule has 0 saturated heterocycles. The fourth-order valence-corrected chi connectivity index (χ4v) is 2.45. The number of nitrogens with zero attached hydrogens (tertiary/aromatic N) is 2. The van der Waals surface area contributed by atoms with Gasteiger partial charge in [0, 0.05) is 6.54 Å². The van der Waals surface area contributed by atoms with Crippen molar-refractivity contribution in [2.45, 2.75) is 39.5 Å². The number of ether oxygens (including phenoxy) is 1. The van der Waals surface area contributed by atoms with Crippen molar-refractivity contribution in [3.8, 4) is 5.75 Å². The van der Waals surface area contributed by atoms with Crippen LogP contribution in [0, 0.1) is 6.92 Å². The first kappa shape index (κ1) is 17.5. The van der Waals surface area contributed by atoms with Crippen molar-refractivity contribution >= 4 is 17.4 Å². The number of rotatable bonds is 8. The van der Waals surface area contributed by atoms with E-state index in [1.54, 1.807) is 0 Å². The number of unbranched alkanes of at least 4 members (excludes halogenated alkanes) is 1. The molecule has 2 aromatic rings. The summed E-state index contributed by atoms with van der Waals surface area (Å²) >= 11 is 6.15. The van der Waals surface area contributed by atoms with Gasteiger partial charge in [-0.15, -0.1) is 0 Å². The number of hydrogen-bond donors (Lipinski definition) is 1. The molecule has 2 rings (SSSR count). The minimum Gasteiger partial charge on any atom is -0.493 e. The highest BCUT2D eigenvalue weighted by atomic mass is 35.5. The maximum Gasteiger partial charge on any atom is 0.148 e. The first-order valence-corrected chi connectivity index (χ1v) is 8.40. The van der Waals surface area contributed by atoms with E-state index in [0.717, 1.165) is 30.8 Å². The Labute approximate surface area is 143 Å². The molecule has 0 fully saturated rings. The monoisotopic (exact) mass is 333 g/mol. The average molecular weight is 334 g/mol. The van der Waals surface area contributed by atoms with E-state index in [0.29, 0.717) is 23.4 Å². The second-order valence-electron chi connectivity index (χ2n) is 5.80. The van der Waals surface area contributed by atoms with Crippen molar-refractivity contribution in [3.05, 3.63) is 46.9 Å². The minimum absolute atomic E-state index is 0.469. The summed E-state index contributed by atoms with van der Waals surface area (Å²) in [6.45, 7) is 7.75. The van der Waals surface area contributed by atoms with Crippen molar-refractivity contribution < 1.29 is 4.74 Å². The molecule has 5 heteroatoms. The summed E-state index contributed by atoms with van der Waals surface area (Å²) in [6.07, 6.45) is 3.49. The number of hydrogen-bond acceptors (Lipinski definition) is 4. The molecule has 0 saturated carbocycles. The second kappa shape index (κ2) is 8.73. The predicted octanol–water partition coefficient (Wildman–Crippen LogP) is 4.83. The zero-order valence-electron chi connectivity index (χ0n) is 14.0. The lowest BCUT2D eigenvalue weighted by Crippen LogP contribution is -2.07. The van der Waals surface area contributed by atoms with Gasteiger partial charge >= 0.3 is 0 Å². The number of benzene rings is 1. The number of anilines is 1. The van der Waals surface area contributed by atoms with Gasteiger partial charge in [-0.25, -0.2) is 9.97 Å². The smallest absolute Gasteiger partial charge is 0.148 e. The van der Waals surface area contributed by atoms with Crippen molar-refractivity contribution in [1.82, 2.24) is 9.97 Å². The van der Waals surface area contributed by atoms with Crippen LogP contribution in [0.2, 0.25) is 5.02 Å². The third kappa shape index (κ3) is 5.10. The molecule has 124 valence electrons. The Morgan fingerprint density at radius 2 is 1.96 bits per heavy atom. The van der Waals surface area contributed by atoms with Crippen molar-refractivity contribution in [2.24, 2.45) is 0 Å². The summed E-state index contributed by atoms with van der Waals surface area (Å²) in [5, 5.41) is 3.84. The number of aromatic nitrogens is 2. The molecular formula is C18H24ClN3O. The molecule has 0 aliphatic carbocycles. The Bertz CT molecular complexity index is 631. The maximum atomic E-state index is 6.15. The lowest BCUT2D eigenvalue weighted by atomic mass is 10.0. The van der Waals surface area contributed by atoms with Crippen LogP contribution >= 0.6 is 11.6 Å². The Morgan fingerprint density at radius 1 is 1.17 bits per heavy atom. The largest absolute Gasteiger partial charge is 0.493 e. The first-order chi connectivity index (χ1) is 11.1. The van der Waals surface area contributed by atoms with Crippen LogP contribution in [0.15, 0.2) is 30.6 Å². The van der Waals surface area contributed by atoms with Crippen molar-refractivity contribution in [1.29, 1.82) is 0 Å². The van der Waals surface area contributed by atoms with Gasteiger partial charge in [0.25, 0.3) is 0 Å². The van der Waals surface area contributed by atoms with E-state index in [9.17, 15) is 0 Å². The fraction of sp³-hybridized carbons (Fsp3) is 0.444. The first-order valence-electron chi connectivity index (χ1n) is 8.02. The quantitative estimate of drug-likeness (QED) is 0.703. The fourth-order valence-electron chi connectivity index (χ4n) is 2.29. The maximum absolute atomic E-state index is 6.15. The highest BCUT2D eigenvalue weighted by Gasteiger charge is 2.07. The third-order valence-electron chi connectivity index (χ3n) is 3.63. The Kier molecular flexibility index (Phi) is 6.66. The zero-order valence-corrected chi connectivity index (χ0v) is 14.7. The lowest BCUT2D eigenvalue weighted by Gasteiger charge is -2.14. The predicted molar refractivity (Wildman–Crippen MR) is 95.5 cm³/mol. The van der Waals surface area contributed by atoms with E-state index in [-0.39, 0.29) is 0 Å². The summed E-state index contributed by atoms with van der Waals surface area (Å²) < 4.78 is 5.91. The summed E-state index contributed by atoms with van der Waals surface area (Å²) in [5.41, 5.74) is 2.05. The van der Waals surface area contributed by atoms with E-state index >= 15 is 0 Å². The summed E-state index contributed by atoms with van der Waals surface area (Å²) in [5.74, 6) is 2.16. The number of para-hydroxylation sites is 1. The van der Waals surface area contributed by atoms with E-state index in [2.05, 4.69) is 41.3 Å². The normalized spacial score (nSPS) is 10.8. The van der Waals surface area contributed by atoms with Gasteiger partial charge < -0.3 is 10.1 Å². The molecule has 23 heavy (non-hydrogen) atoms. The molecule has 0 spiro atoms. The van der Waals surface area contributed by atoms with Gasteiger partial charge in [-0.2, -0.15) is 0 Å². The molecule has 4 nitrogen and oxygen atoms in total. The highest BCUT2D eigenvalue weighted by Crippen LogP contribution is 2.26. The molecule has 0 atom stereocenters. The van der Waals surface area contributed by atoms with Crippen LogP contribution in [-0.4, -0.2) is 23.1 Å². The molecule has 0 aliphatic rings. The molecule has 0 aliphatic heterocycles. The van der Waals surface area contributed by atoms with Gasteiger partial charge in [0.2, 0.25) is 0 Å². The van der Waals surface area contributed by atoms with E-state index in [1.165, 1.54) is 11.9 Å². The van der Waals surface area contributed by atoms with Crippen LogP contribution in [0.3, 0.4) is 0 Å². The molecule has 1 N–H and O–H groups in total. The van der Waals surface area contributed by atoms with Gasteiger partial charge in [0.15, 0.2) is 0 Å². The van der Waals surface area contributed by atoms with Crippen molar-refractivity contribution in [3.63, 3.8) is 0 Å². The SMILES string of the molecule is Cc1ncnc(NCCCCOc2ccccc2C(C)C)c1Cl. The minimum atomic E-state index is 0.469. The highest BCUT2D eigenvalue weighted by molar-refractivity contribution is 6.33. The molecule has 1 aromatic carbocycles. The van der Waals surface area contributed by atoms with Gasteiger partial charge in [0.05, 0.1) is 12.3 Å². The zero-order chi connectivity index (χ0) is 16.7. The molecular weight excluding hydrogens is 310 g/mol. The van der Waals surface area contributed by atoms with Gasteiger partial charge in [0.1, 0.15) is 22.9 Å². The molecule has 0 bridgehead atoms. The third-order valence-corrected chi connectivity index (χ3v) is 4.08. The van der Waals surface area contributed by atoms with Crippen LogP contribution in [0.4, 0.5) is 5.82 Å². The lowest BCUT2D eigenvalue weighted by molar-refractivity contribution is 0.304. The van der Waals surface area contributed by atoms with Gasteiger partial charge in [-0.1, -0.05) is 43.6 Å². The molecule has 0 radical (unpaired) electrons. The van der Waals surface area contributed by atoms with Gasteiger partial charge in [-0.05, 0) is 37.3 Å². The Balaban J connectivity index is 1.71. The Hall–Kier alpha value is -1.81. The molecule has 0 unspecified atom stereocenters. The summed E-state index contributed by atoms with van der Waals surface area (Å²) in [6, 6.07) is 8.24. The molecule has 1 aromatic heterocycles. The number of halogens is 1. The van der Waals surface area contributed by atoms with Gasteiger partial charge in [-0.3, -0.25) is 0 Å². The van der Waals surface area contributed by atoms with Crippen LogP contribution in [0.1, 0.15) is 43.9 Å². The van der Waals surface area contributed by atoms with Crippen molar-refractivity contribution in [2.75, 3.05) is 18.5 Å². The average Bonchev–Trinajstić information content (AvgIpc) is 2.54.